The normalized spacial score (nSPS) is 13.2. The van der Waals surface area contributed by atoms with Gasteiger partial charge in [0, 0.05) is 12.1 Å². The number of sulfonamides is 2. The van der Waals surface area contributed by atoms with E-state index in [2.05, 4.69) is 0 Å². The first-order valence-electron chi connectivity index (χ1n) is 10.1. The average molecular weight is 504 g/mol. The molecule has 7 nitrogen and oxygen atoms in total. The number of nitrogens with zero attached hydrogens (tertiary/aromatic N) is 1. The monoisotopic (exact) mass is 503 g/mol. The Morgan fingerprint density at radius 2 is 1.21 bits per heavy atom. The Labute approximate surface area is 198 Å². The van der Waals surface area contributed by atoms with Crippen LogP contribution in [0.15, 0.2) is 113 Å². The van der Waals surface area contributed by atoms with Gasteiger partial charge in [-0.3, -0.25) is 4.79 Å². The molecule has 0 spiro atoms. The summed E-state index contributed by atoms with van der Waals surface area (Å²) in [4.78, 5) is 11.6. The van der Waals surface area contributed by atoms with E-state index >= 15 is 0 Å². The first-order chi connectivity index (χ1) is 16.2. The third kappa shape index (κ3) is 6.03. The van der Waals surface area contributed by atoms with Crippen molar-refractivity contribution in [1.29, 1.82) is 0 Å². The topological polar surface area (TPSA) is 97.8 Å². The number of rotatable bonds is 11. The van der Waals surface area contributed by atoms with Gasteiger partial charge in [0.15, 0.2) is 0 Å². The van der Waals surface area contributed by atoms with Crippen LogP contribution in [-0.2, 0) is 24.8 Å². The number of Topliss-reactive ketones (excluding diaryl/α,β-unsaturated/α-hetero) is 1. The van der Waals surface area contributed by atoms with E-state index < -0.39 is 38.7 Å². The molecule has 3 rings (SSSR count). The lowest BCUT2D eigenvalue weighted by atomic mass is 10.1. The predicted octanol–water partition coefficient (Wildman–Crippen LogP) is 3.82. The van der Waals surface area contributed by atoms with Crippen molar-refractivity contribution < 1.29 is 30.8 Å². The molecule has 10 heteroatoms. The number of ketones is 1. The van der Waals surface area contributed by atoms with E-state index in [1.165, 1.54) is 72.8 Å². The van der Waals surface area contributed by atoms with E-state index in [9.17, 15) is 26.0 Å². The summed E-state index contributed by atoms with van der Waals surface area (Å²) < 4.78 is 71.9. The summed E-state index contributed by atoms with van der Waals surface area (Å²) in [5, 5.41) is 0. The lowest BCUT2D eigenvalue weighted by Gasteiger charge is -2.21. The van der Waals surface area contributed by atoms with Gasteiger partial charge < -0.3 is 4.74 Å². The molecule has 1 atom stereocenters. The first-order valence-corrected chi connectivity index (χ1v) is 13.0. The molecule has 0 bridgehead atoms. The van der Waals surface area contributed by atoms with Crippen molar-refractivity contribution in [2.24, 2.45) is 0 Å². The Kier molecular flexibility index (Phi) is 8.46. The highest BCUT2D eigenvalue weighted by atomic mass is 32.3. The number of halogens is 1. The number of ether oxygens (including phenoxy) is 1. The van der Waals surface area contributed by atoms with Crippen LogP contribution in [0.1, 0.15) is 10.4 Å². The van der Waals surface area contributed by atoms with Crippen molar-refractivity contribution in [2.45, 2.75) is 16.1 Å². The molecular formula is C24H22FNO6S2. The Hall–Kier alpha value is -3.18. The van der Waals surface area contributed by atoms with Gasteiger partial charge in [-0.05, 0) is 24.3 Å². The lowest BCUT2D eigenvalue weighted by molar-refractivity contribution is -0.00935. The second-order valence-electron chi connectivity index (χ2n) is 6.94. The summed E-state index contributed by atoms with van der Waals surface area (Å²) in [6, 6.07) is 22.1. The first kappa shape index (κ1) is 25.4. The van der Waals surface area contributed by atoms with Crippen LogP contribution in [0.4, 0.5) is 4.39 Å². The highest BCUT2D eigenvalue weighted by molar-refractivity contribution is 8.04. The predicted molar refractivity (Wildman–Crippen MR) is 125 cm³/mol. The van der Waals surface area contributed by atoms with E-state index in [0.717, 1.165) is 0 Å². The summed E-state index contributed by atoms with van der Waals surface area (Å²) in [7, 11) is -8.87. The molecule has 0 N–H and O–H groups in total. The molecule has 178 valence electrons. The maximum absolute atomic E-state index is 14.1. The third-order valence-corrected chi connectivity index (χ3v) is 8.93. The van der Waals surface area contributed by atoms with Gasteiger partial charge in [0.1, 0.15) is 0 Å². The highest BCUT2D eigenvalue weighted by Crippen LogP contribution is 2.24. The van der Waals surface area contributed by atoms with Crippen molar-refractivity contribution >= 4 is 25.8 Å². The van der Waals surface area contributed by atoms with Gasteiger partial charge in [-0.1, -0.05) is 82.6 Å². The number of benzene rings is 3. The van der Waals surface area contributed by atoms with Gasteiger partial charge in [-0.15, -0.1) is 0 Å². The molecule has 0 aliphatic carbocycles. The standard InChI is InChI=1S/C24H22FNO6S2/c25-24(23(27)20-12-4-1-5-13-20)32-19-11-10-18-26(33(28,29)21-14-6-2-7-15-21)34(30,31)22-16-8-3-9-17-22/h1-17,24H,18-19H2/b11-10-/t24-/m0/s1. The van der Waals surface area contributed by atoms with Crippen LogP contribution in [-0.4, -0.2) is 45.8 Å². The molecule has 0 saturated heterocycles. The molecule has 0 unspecified atom stereocenters. The fraction of sp³-hybridized carbons (Fsp3) is 0.125. The molecule has 3 aromatic rings. The molecular weight excluding hydrogens is 481 g/mol. The van der Waals surface area contributed by atoms with Gasteiger partial charge in [-0.2, -0.15) is 0 Å². The SMILES string of the molecule is O=C(c1ccccc1)[C@@H](F)OC/C=C\CN(S(=O)(=O)c1ccccc1)S(=O)(=O)c1ccccc1. The summed E-state index contributed by atoms with van der Waals surface area (Å²) in [5.41, 5.74) is 0.146. The fourth-order valence-corrected chi connectivity index (χ4v) is 6.51. The zero-order valence-corrected chi connectivity index (χ0v) is 19.5. The Balaban J connectivity index is 1.76. The zero-order chi connectivity index (χ0) is 24.6. The van der Waals surface area contributed by atoms with Crippen molar-refractivity contribution in [1.82, 2.24) is 3.71 Å². The van der Waals surface area contributed by atoms with Crippen LogP contribution < -0.4 is 0 Å². The molecule has 34 heavy (non-hydrogen) atoms. The summed E-state index contributed by atoms with van der Waals surface area (Å²) in [5.74, 6) is -0.853. The number of alkyl halides is 1. The number of carbonyl (C=O) groups excluding carboxylic acids is 1. The third-order valence-electron chi connectivity index (χ3n) is 4.64. The fourth-order valence-electron chi connectivity index (χ4n) is 2.92. The summed E-state index contributed by atoms with van der Waals surface area (Å²) >= 11 is 0. The Morgan fingerprint density at radius 1 is 0.765 bits per heavy atom. The smallest absolute Gasteiger partial charge is 0.263 e. The molecule has 0 fully saturated rings. The van der Waals surface area contributed by atoms with Gasteiger partial charge in [0.25, 0.3) is 26.4 Å². The Bertz CT molecular complexity index is 1260. The number of hydrogen-bond donors (Lipinski definition) is 0. The van der Waals surface area contributed by atoms with Gasteiger partial charge in [0.2, 0.25) is 5.78 Å². The second-order valence-corrected chi connectivity index (χ2v) is 10.9. The van der Waals surface area contributed by atoms with Crippen molar-refractivity contribution in [3.8, 4) is 0 Å². The van der Waals surface area contributed by atoms with Crippen LogP contribution in [0, 0.1) is 0 Å². The largest absolute Gasteiger partial charge is 0.338 e. The minimum Gasteiger partial charge on any atom is -0.338 e. The van der Waals surface area contributed by atoms with Crippen molar-refractivity contribution in [2.75, 3.05) is 13.2 Å². The van der Waals surface area contributed by atoms with Crippen LogP contribution in [0.2, 0.25) is 0 Å². The van der Waals surface area contributed by atoms with E-state index in [-0.39, 0.29) is 22.0 Å². The minimum absolute atomic E-state index is 0.146. The molecule has 0 radical (unpaired) electrons. The minimum atomic E-state index is -4.43. The van der Waals surface area contributed by atoms with Crippen molar-refractivity contribution in [3.63, 3.8) is 0 Å². The second kappa shape index (κ2) is 11.3. The van der Waals surface area contributed by atoms with E-state index in [0.29, 0.717) is 3.71 Å². The van der Waals surface area contributed by atoms with E-state index in [4.69, 9.17) is 4.74 Å². The van der Waals surface area contributed by atoms with Gasteiger partial charge in [0.05, 0.1) is 16.4 Å². The van der Waals surface area contributed by atoms with Crippen LogP contribution in [0.3, 0.4) is 0 Å². The summed E-state index contributed by atoms with van der Waals surface area (Å²) in [6.07, 6.45) is 0.254. The molecule has 0 saturated carbocycles. The molecule has 0 aliphatic heterocycles. The van der Waals surface area contributed by atoms with E-state index in [1.54, 1.807) is 30.3 Å². The van der Waals surface area contributed by atoms with Gasteiger partial charge in [-0.25, -0.2) is 21.2 Å². The maximum Gasteiger partial charge on any atom is 0.263 e. The molecule has 0 aromatic heterocycles. The zero-order valence-electron chi connectivity index (χ0n) is 17.9. The van der Waals surface area contributed by atoms with Crippen LogP contribution in [0.25, 0.3) is 0 Å². The maximum atomic E-state index is 14.1. The van der Waals surface area contributed by atoms with Crippen LogP contribution in [0.5, 0.6) is 0 Å². The highest BCUT2D eigenvalue weighted by Gasteiger charge is 2.35. The lowest BCUT2D eigenvalue weighted by Crippen LogP contribution is -2.37. The van der Waals surface area contributed by atoms with Gasteiger partial charge >= 0.3 is 0 Å². The molecule has 0 heterocycles. The molecule has 0 amide bonds. The average Bonchev–Trinajstić information content (AvgIpc) is 2.86. The van der Waals surface area contributed by atoms with Crippen molar-refractivity contribution in [3.05, 3.63) is 109 Å². The van der Waals surface area contributed by atoms with E-state index in [1.807, 2.05) is 0 Å². The summed E-state index contributed by atoms with van der Waals surface area (Å²) in [6.45, 7) is -0.925. The van der Waals surface area contributed by atoms with Crippen LogP contribution >= 0.6 is 0 Å². The number of carbonyl (C=O) groups is 1. The number of hydrogen-bond acceptors (Lipinski definition) is 6. The molecule has 3 aromatic carbocycles. The quantitative estimate of drug-likeness (QED) is 0.292. The molecule has 0 aliphatic rings. The Morgan fingerprint density at radius 3 is 1.68 bits per heavy atom.